The molecule has 0 N–H and O–H groups in total. The standard InChI is InChI=1S/C21H21P.C3H5.NO3.Pd/c1-16-10-4-7-13-19(16)22(20-14-8-5-11-17(20)2)21-15-9-6-12-18(21)3;1-3-2;2-1(3)4;/h4-15H,1-3H3;3H,1-2H2;;/q;;-1;+1. The SMILES string of the molecule is C=C[CH2][Pd+].Cc1ccccc1P(c1ccccc1C)c1ccccc1C.O=[N+]([O-])[O-]. The van der Waals surface area contributed by atoms with Crippen molar-refractivity contribution >= 4 is 23.8 Å². The van der Waals surface area contributed by atoms with Crippen molar-refractivity contribution in [3.8, 4) is 0 Å². The third kappa shape index (κ3) is 8.21. The van der Waals surface area contributed by atoms with Gasteiger partial charge < -0.3 is 15.3 Å². The molecule has 0 aromatic heterocycles. The van der Waals surface area contributed by atoms with Crippen LogP contribution < -0.4 is 15.9 Å². The van der Waals surface area contributed by atoms with E-state index in [1.165, 1.54) is 32.6 Å². The fourth-order valence-electron chi connectivity index (χ4n) is 2.83. The van der Waals surface area contributed by atoms with Crippen molar-refractivity contribution in [2.24, 2.45) is 0 Å². The third-order valence-corrected chi connectivity index (χ3v) is 7.56. The molecule has 0 unspecified atom stereocenters. The maximum Gasteiger partial charge on any atom is 0.0689 e. The van der Waals surface area contributed by atoms with Crippen LogP contribution in [-0.4, -0.2) is 5.09 Å². The van der Waals surface area contributed by atoms with Crippen LogP contribution in [0.4, 0.5) is 0 Å². The maximum atomic E-state index is 8.25. The number of aryl methyl sites for hydroxylation is 3. The van der Waals surface area contributed by atoms with Gasteiger partial charge in [-0.25, -0.2) is 0 Å². The zero-order chi connectivity index (χ0) is 22.5. The Balaban J connectivity index is 0.000000485. The number of hydrogen-bond acceptors (Lipinski definition) is 3. The summed E-state index contributed by atoms with van der Waals surface area (Å²) in [5.41, 5.74) is 4.13. The van der Waals surface area contributed by atoms with E-state index in [9.17, 15) is 0 Å². The Bertz CT molecular complexity index is 850. The number of benzene rings is 3. The third-order valence-electron chi connectivity index (χ3n) is 4.16. The van der Waals surface area contributed by atoms with Crippen LogP contribution in [0.5, 0.6) is 0 Å². The van der Waals surface area contributed by atoms with E-state index in [0.717, 1.165) is 4.89 Å². The van der Waals surface area contributed by atoms with Crippen LogP contribution in [0.3, 0.4) is 0 Å². The molecule has 0 bridgehead atoms. The fourth-order valence-corrected chi connectivity index (χ4v) is 5.60. The van der Waals surface area contributed by atoms with Crippen LogP contribution in [0.25, 0.3) is 0 Å². The molecule has 0 aliphatic rings. The molecule has 3 aromatic rings. The normalized spacial score (nSPS) is 9.67. The van der Waals surface area contributed by atoms with Crippen LogP contribution in [0, 0.1) is 36.1 Å². The van der Waals surface area contributed by atoms with Crippen LogP contribution in [0.2, 0.25) is 4.89 Å². The minimum absolute atomic E-state index is 0.508. The smallest absolute Gasteiger partial charge is 0.0689 e. The zero-order valence-electron chi connectivity index (χ0n) is 17.4. The van der Waals surface area contributed by atoms with Crippen LogP contribution in [0.1, 0.15) is 16.7 Å². The predicted octanol–water partition coefficient (Wildman–Crippen LogP) is 5.27. The van der Waals surface area contributed by atoms with E-state index in [2.05, 4.69) is 119 Å². The molecule has 0 spiro atoms. The van der Waals surface area contributed by atoms with E-state index in [-0.39, 0.29) is 0 Å². The van der Waals surface area contributed by atoms with Gasteiger partial charge >= 0.3 is 36.8 Å². The quantitative estimate of drug-likeness (QED) is 0.157. The molecule has 6 heteroatoms. The van der Waals surface area contributed by atoms with Gasteiger partial charge in [-0.3, -0.25) is 0 Å². The minimum atomic E-state index is -1.75. The predicted molar refractivity (Wildman–Crippen MR) is 125 cm³/mol. The van der Waals surface area contributed by atoms with Gasteiger partial charge in [0.05, 0.1) is 5.09 Å². The average molecular weight is 514 g/mol. The summed E-state index contributed by atoms with van der Waals surface area (Å²) >= 11 is 2.92. The molecule has 30 heavy (non-hydrogen) atoms. The van der Waals surface area contributed by atoms with Crippen LogP contribution in [-0.2, 0) is 19.2 Å². The second-order valence-corrected chi connectivity index (χ2v) is 9.09. The van der Waals surface area contributed by atoms with Gasteiger partial charge in [-0.15, -0.1) is 0 Å². The van der Waals surface area contributed by atoms with Crippen LogP contribution >= 0.6 is 7.92 Å². The monoisotopic (exact) mass is 513 g/mol. The van der Waals surface area contributed by atoms with E-state index in [1.54, 1.807) is 0 Å². The first-order chi connectivity index (χ1) is 14.3. The number of hydrogen-bond donors (Lipinski definition) is 0. The summed E-state index contributed by atoms with van der Waals surface area (Å²) in [7, 11) is -0.508. The molecule has 0 saturated heterocycles. The Morgan fingerprint density at radius 1 is 0.800 bits per heavy atom. The van der Waals surface area contributed by atoms with Crippen LogP contribution in [0.15, 0.2) is 85.5 Å². The van der Waals surface area contributed by atoms with Crippen molar-refractivity contribution in [3.05, 3.63) is 117 Å². The Morgan fingerprint density at radius 2 is 1.03 bits per heavy atom. The van der Waals surface area contributed by atoms with Crippen molar-refractivity contribution in [2.75, 3.05) is 0 Å². The van der Waals surface area contributed by atoms with E-state index in [1.807, 2.05) is 6.08 Å². The van der Waals surface area contributed by atoms with Gasteiger partial charge in [0.2, 0.25) is 0 Å². The van der Waals surface area contributed by atoms with Gasteiger partial charge in [0.25, 0.3) is 0 Å². The molecular formula is C24H26NO3PPd. The molecular weight excluding hydrogens is 488 g/mol. The molecule has 160 valence electrons. The average Bonchev–Trinajstić information content (AvgIpc) is 2.72. The molecule has 4 nitrogen and oxygen atoms in total. The summed E-state index contributed by atoms with van der Waals surface area (Å²) in [4.78, 5) is 9.18. The molecule has 0 fully saturated rings. The van der Waals surface area contributed by atoms with Gasteiger partial charge in [-0.1, -0.05) is 72.8 Å². The topological polar surface area (TPSA) is 66.2 Å². The Kier molecular flexibility index (Phi) is 11.9. The van der Waals surface area contributed by atoms with E-state index >= 15 is 0 Å². The second kappa shape index (κ2) is 13.8. The summed E-state index contributed by atoms with van der Waals surface area (Å²) in [5.74, 6) is 0. The van der Waals surface area contributed by atoms with Crippen molar-refractivity contribution in [3.63, 3.8) is 0 Å². The van der Waals surface area contributed by atoms with Gasteiger partial charge in [-0.2, -0.15) is 0 Å². The number of allylic oxidation sites excluding steroid dienone is 1. The van der Waals surface area contributed by atoms with Gasteiger partial charge in [0.1, 0.15) is 0 Å². The summed E-state index contributed by atoms with van der Waals surface area (Å²) in [6, 6.07) is 26.4. The molecule has 0 radical (unpaired) electrons. The molecule has 0 heterocycles. The number of rotatable bonds is 4. The summed E-state index contributed by atoms with van der Waals surface area (Å²) in [6.07, 6.45) is 1.81. The van der Waals surface area contributed by atoms with Crippen molar-refractivity contribution in [1.82, 2.24) is 0 Å². The van der Waals surface area contributed by atoms with Crippen molar-refractivity contribution in [1.29, 1.82) is 0 Å². The summed E-state index contributed by atoms with van der Waals surface area (Å²) in [6.45, 7) is 10.1. The molecule has 3 aromatic carbocycles. The molecule has 0 atom stereocenters. The second-order valence-electron chi connectivity index (χ2n) is 6.34. The summed E-state index contributed by atoms with van der Waals surface area (Å²) < 4.78 is 0. The van der Waals surface area contributed by atoms with Crippen molar-refractivity contribution in [2.45, 2.75) is 25.7 Å². The maximum absolute atomic E-state index is 8.25. The largest absolute Gasteiger partial charge is 0.356 e. The minimum Gasteiger partial charge on any atom is -0.356 e. The first-order valence-corrected chi connectivity index (χ1v) is 11.7. The van der Waals surface area contributed by atoms with E-state index in [4.69, 9.17) is 15.3 Å². The molecule has 0 amide bonds. The molecule has 0 aliphatic carbocycles. The molecule has 0 saturated carbocycles. The Hall–Kier alpha value is -2.31. The Morgan fingerprint density at radius 3 is 1.23 bits per heavy atom. The van der Waals surface area contributed by atoms with E-state index < -0.39 is 13.0 Å². The fraction of sp³-hybridized carbons (Fsp3) is 0.167. The Labute approximate surface area is 190 Å². The first kappa shape index (κ1) is 25.7. The molecule has 0 aliphatic heterocycles. The zero-order valence-corrected chi connectivity index (χ0v) is 19.8. The van der Waals surface area contributed by atoms with Crippen molar-refractivity contribution < 1.29 is 24.3 Å². The first-order valence-electron chi connectivity index (χ1n) is 9.24. The van der Waals surface area contributed by atoms with E-state index in [0.29, 0.717) is 0 Å². The molecule has 3 rings (SSSR count). The van der Waals surface area contributed by atoms with Gasteiger partial charge in [0.15, 0.2) is 0 Å². The number of nitrogens with zero attached hydrogens (tertiary/aromatic N) is 1. The van der Waals surface area contributed by atoms with Gasteiger partial charge in [0, 0.05) is 0 Å². The van der Waals surface area contributed by atoms with Gasteiger partial charge in [-0.05, 0) is 61.3 Å². The summed E-state index contributed by atoms with van der Waals surface area (Å²) in [5, 5.41) is 19.1.